The second-order valence-electron chi connectivity index (χ2n) is 4.86. The van der Waals surface area contributed by atoms with E-state index in [1.165, 1.54) is 11.1 Å². The van der Waals surface area contributed by atoms with Gasteiger partial charge in [0.2, 0.25) is 5.91 Å². The van der Waals surface area contributed by atoms with E-state index in [0.29, 0.717) is 19.7 Å². The summed E-state index contributed by atoms with van der Waals surface area (Å²) in [5, 5.41) is 5.98. The van der Waals surface area contributed by atoms with Crippen LogP contribution >= 0.6 is 0 Å². The molecule has 112 valence electrons. The zero-order chi connectivity index (χ0) is 15.0. The van der Waals surface area contributed by atoms with Gasteiger partial charge in [-0.05, 0) is 25.6 Å². The lowest BCUT2D eigenvalue weighted by Crippen LogP contribution is -2.37. The molecule has 20 heavy (non-hydrogen) atoms. The van der Waals surface area contributed by atoms with Gasteiger partial charge < -0.3 is 20.3 Å². The SMILES string of the molecule is CNCc1cc(C)ccc1N(C)CC(=O)NCCOC. The summed E-state index contributed by atoms with van der Waals surface area (Å²) < 4.78 is 4.91. The van der Waals surface area contributed by atoms with Crippen LogP contribution in [0.15, 0.2) is 18.2 Å². The van der Waals surface area contributed by atoms with E-state index in [4.69, 9.17) is 4.74 Å². The van der Waals surface area contributed by atoms with E-state index in [2.05, 4.69) is 35.8 Å². The number of ether oxygens (including phenoxy) is 1. The van der Waals surface area contributed by atoms with Gasteiger partial charge in [0.05, 0.1) is 13.2 Å². The highest BCUT2D eigenvalue weighted by Gasteiger charge is 2.10. The van der Waals surface area contributed by atoms with Crippen molar-refractivity contribution in [3.05, 3.63) is 29.3 Å². The van der Waals surface area contributed by atoms with Crippen LogP contribution in [-0.2, 0) is 16.1 Å². The molecule has 0 fully saturated rings. The Kier molecular flexibility index (Phi) is 7.04. The molecule has 0 radical (unpaired) electrons. The Morgan fingerprint density at radius 3 is 2.80 bits per heavy atom. The molecule has 0 aromatic heterocycles. The third-order valence-electron chi connectivity index (χ3n) is 3.02. The van der Waals surface area contributed by atoms with E-state index in [-0.39, 0.29) is 5.91 Å². The van der Waals surface area contributed by atoms with E-state index in [9.17, 15) is 4.79 Å². The van der Waals surface area contributed by atoms with Crippen molar-refractivity contribution in [3.63, 3.8) is 0 Å². The molecule has 1 rings (SSSR count). The summed E-state index contributed by atoms with van der Waals surface area (Å²) in [6.45, 7) is 4.27. The normalized spacial score (nSPS) is 10.4. The maximum absolute atomic E-state index is 11.8. The van der Waals surface area contributed by atoms with Crippen molar-refractivity contribution in [3.8, 4) is 0 Å². The number of hydrogen-bond donors (Lipinski definition) is 2. The number of carbonyl (C=O) groups is 1. The smallest absolute Gasteiger partial charge is 0.239 e. The van der Waals surface area contributed by atoms with Gasteiger partial charge in [0.25, 0.3) is 0 Å². The van der Waals surface area contributed by atoms with Crippen LogP contribution in [0.4, 0.5) is 5.69 Å². The minimum Gasteiger partial charge on any atom is -0.383 e. The van der Waals surface area contributed by atoms with Crippen molar-refractivity contribution < 1.29 is 9.53 Å². The molecule has 0 aliphatic rings. The van der Waals surface area contributed by atoms with Crippen LogP contribution in [0, 0.1) is 6.92 Å². The topological polar surface area (TPSA) is 53.6 Å². The lowest BCUT2D eigenvalue weighted by atomic mass is 10.1. The average molecular weight is 279 g/mol. The van der Waals surface area contributed by atoms with E-state index in [0.717, 1.165) is 12.2 Å². The van der Waals surface area contributed by atoms with Crippen molar-refractivity contribution in [2.75, 3.05) is 45.8 Å². The fraction of sp³-hybridized carbons (Fsp3) is 0.533. The quantitative estimate of drug-likeness (QED) is 0.695. The lowest BCUT2D eigenvalue weighted by molar-refractivity contribution is -0.119. The van der Waals surface area contributed by atoms with Gasteiger partial charge in [0.1, 0.15) is 0 Å². The van der Waals surface area contributed by atoms with Gasteiger partial charge >= 0.3 is 0 Å². The monoisotopic (exact) mass is 279 g/mol. The van der Waals surface area contributed by atoms with Gasteiger partial charge in [0, 0.05) is 32.9 Å². The van der Waals surface area contributed by atoms with E-state index in [1.807, 2.05) is 19.0 Å². The van der Waals surface area contributed by atoms with Crippen molar-refractivity contribution in [1.29, 1.82) is 0 Å². The first-order valence-electron chi connectivity index (χ1n) is 6.79. The summed E-state index contributed by atoms with van der Waals surface area (Å²) in [4.78, 5) is 13.8. The fourth-order valence-electron chi connectivity index (χ4n) is 2.07. The Morgan fingerprint density at radius 2 is 2.15 bits per heavy atom. The first kappa shape index (κ1) is 16.5. The van der Waals surface area contributed by atoms with Gasteiger partial charge in [-0.1, -0.05) is 17.7 Å². The third-order valence-corrected chi connectivity index (χ3v) is 3.02. The lowest BCUT2D eigenvalue weighted by Gasteiger charge is -2.22. The van der Waals surface area contributed by atoms with Crippen LogP contribution in [0.1, 0.15) is 11.1 Å². The Balaban J connectivity index is 2.66. The summed E-state index contributed by atoms with van der Waals surface area (Å²) >= 11 is 0. The minimum absolute atomic E-state index is 0.000493. The summed E-state index contributed by atoms with van der Waals surface area (Å²) in [7, 11) is 5.47. The standard InChI is InChI=1S/C15H25N3O2/c1-12-5-6-14(13(9-12)10-16-2)18(3)11-15(19)17-7-8-20-4/h5-6,9,16H,7-8,10-11H2,1-4H3,(H,17,19). The number of nitrogens with one attached hydrogen (secondary N) is 2. The molecule has 0 bridgehead atoms. The summed E-state index contributed by atoms with van der Waals surface area (Å²) in [6.07, 6.45) is 0. The molecular formula is C15H25N3O2. The number of amides is 1. The molecule has 1 amide bonds. The van der Waals surface area contributed by atoms with Gasteiger partial charge in [-0.3, -0.25) is 4.79 Å². The van der Waals surface area contributed by atoms with Crippen molar-refractivity contribution in [2.45, 2.75) is 13.5 Å². The van der Waals surface area contributed by atoms with Crippen LogP contribution < -0.4 is 15.5 Å². The molecule has 0 unspecified atom stereocenters. The molecule has 0 spiro atoms. The molecule has 1 aromatic rings. The molecule has 5 heteroatoms. The van der Waals surface area contributed by atoms with E-state index < -0.39 is 0 Å². The Labute approximate surface area is 121 Å². The first-order chi connectivity index (χ1) is 9.58. The van der Waals surface area contributed by atoms with Crippen LogP contribution in [0.5, 0.6) is 0 Å². The highest BCUT2D eigenvalue weighted by Crippen LogP contribution is 2.20. The van der Waals surface area contributed by atoms with Gasteiger partial charge in [-0.2, -0.15) is 0 Å². The van der Waals surface area contributed by atoms with Crippen LogP contribution in [0.3, 0.4) is 0 Å². The largest absolute Gasteiger partial charge is 0.383 e. The Bertz CT molecular complexity index is 435. The number of carbonyl (C=O) groups excluding carboxylic acids is 1. The van der Waals surface area contributed by atoms with E-state index in [1.54, 1.807) is 7.11 Å². The predicted octanol–water partition coefficient (Wildman–Crippen LogP) is 0.913. The van der Waals surface area contributed by atoms with Crippen LogP contribution in [-0.4, -0.2) is 46.8 Å². The first-order valence-corrected chi connectivity index (χ1v) is 6.79. The van der Waals surface area contributed by atoms with Crippen molar-refractivity contribution >= 4 is 11.6 Å². The Morgan fingerprint density at radius 1 is 1.40 bits per heavy atom. The molecule has 0 saturated carbocycles. The van der Waals surface area contributed by atoms with Crippen molar-refractivity contribution in [2.24, 2.45) is 0 Å². The van der Waals surface area contributed by atoms with Gasteiger partial charge in [-0.15, -0.1) is 0 Å². The van der Waals surface area contributed by atoms with Gasteiger partial charge in [-0.25, -0.2) is 0 Å². The maximum atomic E-state index is 11.8. The maximum Gasteiger partial charge on any atom is 0.239 e. The van der Waals surface area contributed by atoms with Crippen LogP contribution in [0.2, 0.25) is 0 Å². The number of benzene rings is 1. The second kappa shape index (κ2) is 8.55. The molecule has 0 heterocycles. The highest BCUT2D eigenvalue weighted by molar-refractivity contribution is 5.81. The zero-order valence-corrected chi connectivity index (χ0v) is 12.8. The molecule has 0 atom stereocenters. The number of methoxy groups -OCH3 is 1. The number of anilines is 1. The molecule has 1 aromatic carbocycles. The van der Waals surface area contributed by atoms with Crippen LogP contribution in [0.25, 0.3) is 0 Å². The molecule has 0 aliphatic heterocycles. The fourth-order valence-corrected chi connectivity index (χ4v) is 2.07. The highest BCUT2D eigenvalue weighted by atomic mass is 16.5. The summed E-state index contributed by atoms with van der Waals surface area (Å²) in [6, 6.07) is 6.27. The van der Waals surface area contributed by atoms with Gasteiger partial charge in [0.15, 0.2) is 0 Å². The predicted molar refractivity (Wildman–Crippen MR) is 82.1 cm³/mol. The number of hydrogen-bond acceptors (Lipinski definition) is 4. The summed E-state index contributed by atoms with van der Waals surface area (Å²) in [5.41, 5.74) is 3.49. The number of likely N-dealkylation sites (N-methyl/N-ethyl adjacent to an activating group) is 1. The molecule has 5 nitrogen and oxygen atoms in total. The summed E-state index contributed by atoms with van der Waals surface area (Å²) in [5.74, 6) is 0.000493. The zero-order valence-electron chi connectivity index (χ0n) is 12.8. The Hall–Kier alpha value is -1.59. The molecule has 0 aliphatic carbocycles. The van der Waals surface area contributed by atoms with E-state index >= 15 is 0 Å². The van der Waals surface area contributed by atoms with Crippen molar-refractivity contribution in [1.82, 2.24) is 10.6 Å². The molecule has 2 N–H and O–H groups in total. The molecular weight excluding hydrogens is 254 g/mol. The second-order valence-corrected chi connectivity index (χ2v) is 4.86. The number of rotatable bonds is 8. The minimum atomic E-state index is 0.000493. The number of nitrogens with zero attached hydrogens (tertiary/aromatic N) is 1. The number of aryl methyl sites for hydroxylation is 1. The average Bonchev–Trinajstić information content (AvgIpc) is 2.39. The third kappa shape index (κ3) is 5.19. The molecule has 0 saturated heterocycles.